The third kappa shape index (κ3) is 4.47. The molecule has 0 saturated carbocycles. The molecule has 1 aliphatic heterocycles. The number of hydrogen-bond donors (Lipinski definition) is 2. The molecule has 6 heteroatoms. The number of hydrogen-bond acceptors (Lipinski definition) is 4. The highest BCUT2D eigenvalue weighted by Gasteiger charge is 2.13. The zero-order valence-electron chi connectivity index (χ0n) is 11.6. The van der Waals surface area contributed by atoms with Crippen LogP contribution in [0, 0.1) is 0 Å². The molecule has 1 amide bonds. The van der Waals surface area contributed by atoms with Crippen LogP contribution in [0.2, 0.25) is 0 Å². The highest BCUT2D eigenvalue weighted by Crippen LogP contribution is 2.27. The van der Waals surface area contributed by atoms with E-state index in [0.29, 0.717) is 6.54 Å². The summed E-state index contributed by atoms with van der Waals surface area (Å²) >= 11 is 3.43. The molecule has 110 valence electrons. The van der Waals surface area contributed by atoms with Crippen LogP contribution in [0.4, 0.5) is 5.69 Å². The second kappa shape index (κ2) is 7.61. The first-order chi connectivity index (χ1) is 9.69. The Kier molecular flexibility index (Phi) is 5.82. The summed E-state index contributed by atoms with van der Waals surface area (Å²) in [7, 11) is 1.61. The molecule has 1 aliphatic rings. The Bertz CT molecular complexity index is 460. The van der Waals surface area contributed by atoms with Gasteiger partial charge in [0.2, 0.25) is 5.91 Å². The lowest BCUT2D eigenvalue weighted by atomic mass is 10.3. The predicted octanol–water partition coefficient (Wildman–Crippen LogP) is 1.69. The van der Waals surface area contributed by atoms with Crippen LogP contribution in [-0.4, -0.2) is 50.6 Å². The highest BCUT2D eigenvalue weighted by atomic mass is 79.9. The van der Waals surface area contributed by atoms with Gasteiger partial charge in [-0.15, -0.1) is 0 Å². The van der Waals surface area contributed by atoms with E-state index in [1.54, 1.807) is 7.11 Å². The van der Waals surface area contributed by atoms with E-state index in [1.165, 1.54) is 0 Å². The molecule has 0 aliphatic carbocycles. The predicted molar refractivity (Wildman–Crippen MR) is 83.3 cm³/mol. The molecule has 0 unspecified atom stereocenters. The van der Waals surface area contributed by atoms with E-state index in [-0.39, 0.29) is 5.91 Å². The Morgan fingerprint density at radius 1 is 1.45 bits per heavy atom. The van der Waals surface area contributed by atoms with Gasteiger partial charge in [0.25, 0.3) is 0 Å². The number of carbonyl (C=O) groups is 1. The lowest BCUT2D eigenvalue weighted by Crippen LogP contribution is -2.35. The average Bonchev–Trinajstić information content (AvgIpc) is 2.70. The number of nitrogens with zero attached hydrogens (tertiary/aromatic N) is 1. The molecule has 2 rings (SSSR count). The topological polar surface area (TPSA) is 53.6 Å². The number of rotatable bonds is 4. The molecule has 0 spiro atoms. The third-order valence-electron chi connectivity index (χ3n) is 3.25. The molecule has 1 heterocycles. The molecule has 0 atom stereocenters. The van der Waals surface area contributed by atoms with E-state index in [9.17, 15) is 4.79 Å². The van der Waals surface area contributed by atoms with Gasteiger partial charge in [0.05, 0.1) is 19.3 Å². The van der Waals surface area contributed by atoms with Gasteiger partial charge >= 0.3 is 0 Å². The number of benzene rings is 1. The van der Waals surface area contributed by atoms with Gasteiger partial charge in [-0.2, -0.15) is 0 Å². The van der Waals surface area contributed by atoms with Crippen LogP contribution in [-0.2, 0) is 4.79 Å². The zero-order valence-corrected chi connectivity index (χ0v) is 13.2. The minimum Gasteiger partial charge on any atom is -0.497 e. The van der Waals surface area contributed by atoms with E-state index < -0.39 is 0 Å². The van der Waals surface area contributed by atoms with E-state index in [1.807, 2.05) is 18.2 Å². The second-order valence-corrected chi connectivity index (χ2v) is 5.63. The Hall–Kier alpha value is -1.11. The number of ether oxygens (including phenoxy) is 1. The van der Waals surface area contributed by atoms with E-state index in [2.05, 4.69) is 31.5 Å². The lowest BCUT2D eigenvalue weighted by molar-refractivity contribution is -0.117. The van der Waals surface area contributed by atoms with Crippen LogP contribution in [0.5, 0.6) is 5.75 Å². The fourth-order valence-corrected chi connectivity index (χ4v) is 2.53. The Balaban J connectivity index is 1.93. The number of carbonyl (C=O) groups excluding carboxylic acids is 1. The van der Waals surface area contributed by atoms with Gasteiger partial charge in [-0.1, -0.05) is 0 Å². The van der Waals surface area contributed by atoms with E-state index in [0.717, 1.165) is 48.5 Å². The fourth-order valence-electron chi connectivity index (χ4n) is 2.18. The molecule has 20 heavy (non-hydrogen) atoms. The van der Waals surface area contributed by atoms with Gasteiger partial charge in [-0.3, -0.25) is 9.69 Å². The first kappa shape index (κ1) is 15.3. The van der Waals surface area contributed by atoms with Crippen LogP contribution < -0.4 is 15.4 Å². The van der Waals surface area contributed by atoms with Crippen molar-refractivity contribution >= 4 is 27.5 Å². The zero-order chi connectivity index (χ0) is 14.4. The summed E-state index contributed by atoms with van der Waals surface area (Å²) < 4.78 is 6.02. The van der Waals surface area contributed by atoms with Gasteiger partial charge in [0, 0.05) is 23.6 Å². The summed E-state index contributed by atoms with van der Waals surface area (Å²) in [5, 5.41) is 6.25. The van der Waals surface area contributed by atoms with Crippen LogP contribution in [0.15, 0.2) is 22.7 Å². The van der Waals surface area contributed by atoms with Crippen molar-refractivity contribution in [3.8, 4) is 5.75 Å². The van der Waals surface area contributed by atoms with E-state index in [4.69, 9.17) is 4.74 Å². The van der Waals surface area contributed by atoms with E-state index >= 15 is 0 Å². The van der Waals surface area contributed by atoms with Crippen LogP contribution >= 0.6 is 15.9 Å². The lowest BCUT2D eigenvalue weighted by Gasteiger charge is -2.19. The fraction of sp³-hybridized carbons (Fsp3) is 0.500. The summed E-state index contributed by atoms with van der Waals surface area (Å²) in [5.41, 5.74) is 0.738. The number of nitrogens with one attached hydrogen (secondary N) is 2. The Labute approximate surface area is 127 Å². The van der Waals surface area contributed by atoms with Crippen LogP contribution in [0.25, 0.3) is 0 Å². The number of methoxy groups -OCH3 is 1. The highest BCUT2D eigenvalue weighted by molar-refractivity contribution is 9.10. The van der Waals surface area contributed by atoms with Crippen molar-refractivity contribution in [2.24, 2.45) is 0 Å². The molecular weight excluding hydrogens is 322 g/mol. The quantitative estimate of drug-likeness (QED) is 0.875. The average molecular weight is 342 g/mol. The molecule has 0 bridgehead atoms. The molecule has 1 aromatic rings. The molecule has 1 aromatic carbocycles. The maximum Gasteiger partial charge on any atom is 0.238 e. The van der Waals surface area contributed by atoms with Crippen LogP contribution in [0.1, 0.15) is 6.42 Å². The molecule has 1 saturated heterocycles. The third-order valence-corrected chi connectivity index (χ3v) is 3.94. The first-order valence-electron chi connectivity index (χ1n) is 6.75. The van der Waals surface area contributed by atoms with Gasteiger partial charge in [-0.25, -0.2) is 0 Å². The minimum absolute atomic E-state index is 0.000790. The van der Waals surface area contributed by atoms with Gasteiger partial charge in [0.15, 0.2) is 0 Å². The Morgan fingerprint density at radius 3 is 3.10 bits per heavy atom. The van der Waals surface area contributed by atoms with Gasteiger partial charge in [0.1, 0.15) is 5.75 Å². The monoisotopic (exact) mass is 341 g/mol. The SMILES string of the molecule is COc1ccc(Br)c(NC(=O)CN2CCCNCC2)c1. The molecular formula is C14H20BrN3O2. The standard InChI is InChI=1S/C14H20BrN3O2/c1-20-11-3-4-12(15)13(9-11)17-14(19)10-18-7-2-5-16-6-8-18/h3-4,9,16H,2,5-8,10H2,1H3,(H,17,19). The maximum atomic E-state index is 12.1. The van der Waals surface area contributed by atoms with Crippen LogP contribution in [0.3, 0.4) is 0 Å². The number of amides is 1. The normalized spacial score (nSPS) is 16.5. The summed E-state index contributed by atoms with van der Waals surface area (Å²) in [6.07, 6.45) is 1.08. The number of anilines is 1. The molecule has 0 aromatic heterocycles. The van der Waals surface area contributed by atoms with Crippen molar-refractivity contribution in [1.82, 2.24) is 10.2 Å². The minimum atomic E-state index is 0.000790. The molecule has 0 radical (unpaired) electrons. The molecule has 1 fully saturated rings. The summed E-state index contributed by atoms with van der Waals surface area (Å²) in [6, 6.07) is 5.52. The largest absolute Gasteiger partial charge is 0.497 e. The summed E-state index contributed by atoms with van der Waals surface area (Å²) in [4.78, 5) is 14.3. The smallest absolute Gasteiger partial charge is 0.238 e. The van der Waals surface area contributed by atoms with Gasteiger partial charge < -0.3 is 15.4 Å². The van der Waals surface area contributed by atoms with Crippen molar-refractivity contribution in [3.05, 3.63) is 22.7 Å². The van der Waals surface area contributed by atoms with Gasteiger partial charge in [-0.05, 0) is 47.6 Å². The molecule has 5 nitrogen and oxygen atoms in total. The van der Waals surface area contributed by atoms with Crippen molar-refractivity contribution in [2.45, 2.75) is 6.42 Å². The maximum absolute atomic E-state index is 12.1. The summed E-state index contributed by atoms with van der Waals surface area (Å²) in [5.74, 6) is 0.725. The van der Waals surface area contributed by atoms with Crippen molar-refractivity contribution in [2.75, 3.05) is 45.2 Å². The second-order valence-electron chi connectivity index (χ2n) is 4.77. The summed E-state index contributed by atoms with van der Waals surface area (Å²) in [6.45, 7) is 4.26. The number of halogens is 1. The Morgan fingerprint density at radius 2 is 2.30 bits per heavy atom. The van der Waals surface area contributed by atoms with Crippen molar-refractivity contribution < 1.29 is 9.53 Å². The van der Waals surface area contributed by atoms with Crippen molar-refractivity contribution in [1.29, 1.82) is 0 Å². The van der Waals surface area contributed by atoms with Crippen molar-refractivity contribution in [3.63, 3.8) is 0 Å². The first-order valence-corrected chi connectivity index (χ1v) is 7.55. The molecule has 2 N–H and O–H groups in total.